The molecular weight excluding hydrogens is 332 g/mol. The molecule has 2 rings (SSSR count). The Kier molecular flexibility index (Phi) is 7.10. The molecule has 9 heteroatoms. The van der Waals surface area contributed by atoms with Gasteiger partial charge in [0.05, 0.1) is 4.92 Å². The van der Waals surface area contributed by atoms with E-state index in [4.69, 9.17) is 0 Å². The number of hydrogen-bond donors (Lipinski definition) is 2. The van der Waals surface area contributed by atoms with E-state index in [-0.39, 0.29) is 11.4 Å². The quantitative estimate of drug-likeness (QED) is 0.408. The fourth-order valence-electron chi connectivity index (χ4n) is 2.71. The Bertz CT molecular complexity index is 643. The summed E-state index contributed by atoms with van der Waals surface area (Å²) in [7, 11) is -3.86. The predicted molar refractivity (Wildman–Crippen MR) is 91.4 cm³/mol. The largest absolute Gasteiger partial charge is 0.315 e. The summed E-state index contributed by atoms with van der Waals surface area (Å²) >= 11 is 0. The monoisotopic (exact) mass is 356 g/mol. The molecule has 1 heterocycles. The summed E-state index contributed by atoms with van der Waals surface area (Å²) in [5.41, 5.74) is -0.401. The van der Waals surface area contributed by atoms with Gasteiger partial charge in [-0.3, -0.25) is 10.1 Å². The molecule has 24 heavy (non-hydrogen) atoms. The van der Waals surface area contributed by atoms with Gasteiger partial charge in [-0.25, -0.2) is 13.1 Å². The Morgan fingerprint density at radius 3 is 2.79 bits per heavy atom. The zero-order valence-corrected chi connectivity index (χ0v) is 14.4. The zero-order chi connectivity index (χ0) is 17.4. The zero-order valence-electron chi connectivity index (χ0n) is 13.6. The molecule has 0 atom stereocenters. The van der Waals surface area contributed by atoms with E-state index in [1.807, 2.05) is 0 Å². The second kappa shape index (κ2) is 9.07. The number of nitro benzene ring substituents is 1. The Morgan fingerprint density at radius 2 is 2.00 bits per heavy atom. The second-order valence-electron chi connectivity index (χ2n) is 5.77. The Labute approximate surface area is 142 Å². The van der Waals surface area contributed by atoms with Crippen molar-refractivity contribution >= 4 is 15.7 Å². The first-order chi connectivity index (χ1) is 11.5. The van der Waals surface area contributed by atoms with E-state index < -0.39 is 20.6 Å². The van der Waals surface area contributed by atoms with Crippen LogP contribution in [0.2, 0.25) is 0 Å². The molecule has 1 aromatic carbocycles. The van der Waals surface area contributed by atoms with E-state index in [0.29, 0.717) is 6.42 Å². The molecule has 1 aliphatic rings. The summed E-state index contributed by atoms with van der Waals surface area (Å²) in [5.74, 6) is 0. The number of hydrogen-bond acceptors (Lipinski definition) is 6. The highest BCUT2D eigenvalue weighted by atomic mass is 32.2. The SMILES string of the molecule is O=[N+]([O-])c1ccccc1S(=O)(=O)NCCCCN1CCCNCC1. The molecule has 0 bridgehead atoms. The van der Waals surface area contributed by atoms with E-state index in [2.05, 4.69) is 14.9 Å². The average molecular weight is 356 g/mol. The van der Waals surface area contributed by atoms with Crippen LogP contribution >= 0.6 is 0 Å². The molecule has 1 aromatic rings. The van der Waals surface area contributed by atoms with Crippen molar-refractivity contribution in [2.75, 3.05) is 39.3 Å². The molecule has 0 aliphatic carbocycles. The Morgan fingerprint density at radius 1 is 1.21 bits per heavy atom. The van der Waals surface area contributed by atoms with Crippen molar-refractivity contribution in [2.45, 2.75) is 24.2 Å². The van der Waals surface area contributed by atoms with Crippen molar-refractivity contribution in [1.29, 1.82) is 0 Å². The van der Waals surface area contributed by atoms with E-state index in [1.54, 1.807) is 0 Å². The maximum absolute atomic E-state index is 12.2. The molecule has 0 unspecified atom stereocenters. The lowest BCUT2D eigenvalue weighted by Crippen LogP contribution is -2.30. The van der Waals surface area contributed by atoms with Crippen LogP contribution in [-0.2, 0) is 10.0 Å². The fraction of sp³-hybridized carbons (Fsp3) is 0.600. The molecule has 8 nitrogen and oxygen atoms in total. The molecule has 0 spiro atoms. The van der Waals surface area contributed by atoms with E-state index in [0.717, 1.165) is 45.6 Å². The maximum atomic E-state index is 12.2. The molecule has 0 radical (unpaired) electrons. The minimum absolute atomic E-state index is 0.278. The van der Waals surface area contributed by atoms with E-state index >= 15 is 0 Å². The number of para-hydroxylation sites is 1. The third kappa shape index (κ3) is 5.52. The highest BCUT2D eigenvalue weighted by Crippen LogP contribution is 2.22. The van der Waals surface area contributed by atoms with Gasteiger partial charge >= 0.3 is 0 Å². The Balaban J connectivity index is 1.80. The van der Waals surface area contributed by atoms with Crippen LogP contribution in [0.25, 0.3) is 0 Å². The summed E-state index contributed by atoms with van der Waals surface area (Å²) < 4.78 is 26.9. The Hall–Kier alpha value is -1.55. The molecule has 0 amide bonds. The number of rotatable bonds is 8. The number of nitro groups is 1. The van der Waals surface area contributed by atoms with Gasteiger partial charge in [0.1, 0.15) is 0 Å². The van der Waals surface area contributed by atoms with Gasteiger partial charge in [-0.2, -0.15) is 0 Å². The molecule has 1 aliphatic heterocycles. The summed E-state index contributed by atoms with van der Waals surface area (Å²) in [4.78, 5) is 12.4. The lowest BCUT2D eigenvalue weighted by Gasteiger charge is -2.19. The highest BCUT2D eigenvalue weighted by molar-refractivity contribution is 7.89. The van der Waals surface area contributed by atoms with Crippen molar-refractivity contribution in [3.63, 3.8) is 0 Å². The van der Waals surface area contributed by atoms with Crippen LogP contribution < -0.4 is 10.0 Å². The highest BCUT2D eigenvalue weighted by Gasteiger charge is 2.24. The summed E-state index contributed by atoms with van der Waals surface area (Å²) in [5, 5.41) is 14.3. The number of unbranched alkanes of at least 4 members (excludes halogenated alkanes) is 1. The minimum atomic E-state index is -3.86. The van der Waals surface area contributed by atoms with Gasteiger partial charge in [0.2, 0.25) is 10.0 Å². The third-order valence-electron chi connectivity index (χ3n) is 3.98. The van der Waals surface area contributed by atoms with E-state index in [1.165, 1.54) is 24.3 Å². The summed E-state index contributed by atoms with van der Waals surface area (Å²) in [6, 6.07) is 5.38. The van der Waals surface area contributed by atoms with Crippen LogP contribution in [-0.4, -0.2) is 57.5 Å². The molecule has 2 N–H and O–H groups in total. The summed E-state index contributed by atoms with van der Waals surface area (Å²) in [6.45, 7) is 5.34. The first-order valence-corrected chi connectivity index (χ1v) is 9.65. The van der Waals surface area contributed by atoms with Gasteiger partial charge < -0.3 is 10.2 Å². The lowest BCUT2D eigenvalue weighted by molar-refractivity contribution is -0.387. The molecule has 1 fully saturated rings. The van der Waals surface area contributed by atoms with E-state index in [9.17, 15) is 18.5 Å². The van der Waals surface area contributed by atoms with Crippen LogP contribution in [0.5, 0.6) is 0 Å². The van der Waals surface area contributed by atoms with Crippen LogP contribution in [0.1, 0.15) is 19.3 Å². The van der Waals surface area contributed by atoms with Crippen LogP contribution in [0, 0.1) is 10.1 Å². The third-order valence-corrected chi connectivity index (χ3v) is 5.49. The van der Waals surface area contributed by atoms with Gasteiger partial charge in [0, 0.05) is 25.7 Å². The van der Waals surface area contributed by atoms with Crippen LogP contribution in [0.3, 0.4) is 0 Å². The molecule has 134 valence electrons. The van der Waals surface area contributed by atoms with Crippen LogP contribution in [0.15, 0.2) is 29.2 Å². The van der Waals surface area contributed by atoms with Crippen molar-refractivity contribution in [2.24, 2.45) is 0 Å². The first kappa shape index (κ1) is 18.8. The van der Waals surface area contributed by atoms with Gasteiger partial charge in [-0.15, -0.1) is 0 Å². The second-order valence-corrected chi connectivity index (χ2v) is 7.51. The summed E-state index contributed by atoms with van der Waals surface area (Å²) in [6.07, 6.45) is 2.72. The minimum Gasteiger partial charge on any atom is -0.315 e. The predicted octanol–water partition coefficient (Wildman–Crippen LogP) is 0.949. The lowest BCUT2D eigenvalue weighted by atomic mass is 10.3. The van der Waals surface area contributed by atoms with Crippen molar-refractivity contribution in [3.8, 4) is 0 Å². The normalized spacial score (nSPS) is 16.7. The standard InChI is InChI=1S/C15H24N4O4S/c20-19(21)14-6-1-2-7-15(14)24(22,23)17-9-3-4-11-18-12-5-8-16-10-13-18/h1-2,6-7,16-17H,3-5,8-13H2. The van der Waals surface area contributed by atoms with Crippen molar-refractivity contribution in [3.05, 3.63) is 34.4 Å². The van der Waals surface area contributed by atoms with Crippen molar-refractivity contribution in [1.82, 2.24) is 14.9 Å². The van der Waals surface area contributed by atoms with Gasteiger partial charge in [-0.1, -0.05) is 12.1 Å². The van der Waals surface area contributed by atoms with Crippen molar-refractivity contribution < 1.29 is 13.3 Å². The molecular formula is C15H24N4O4S. The number of benzene rings is 1. The first-order valence-electron chi connectivity index (χ1n) is 8.17. The number of nitrogens with one attached hydrogen (secondary N) is 2. The average Bonchev–Trinajstić information content (AvgIpc) is 2.83. The number of nitrogens with zero attached hydrogens (tertiary/aromatic N) is 2. The van der Waals surface area contributed by atoms with Gasteiger partial charge in [0.15, 0.2) is 4.90 Å². The van der Waals surface area contributed by atoms with Crippen LogP contribution in [0.4, 0.5) is 5.69 Å². The smallest absolute Gasteiger partial charge is 0.289 e. The fourth-order valence-corrected chi connectivity index (χ4v) is 3.95. The van der Waals surface area contributed by atoms with Gasteiger partial charge in [-0.05, 0) is 45.0 Å². The topological polar surface area (TPSA) is 105 Å². The number of sulfonamides is 1. The molecule has 0 aromatic heterocycles. The molecule has 1 saturated heterocycles. The van der Waals surface area contributed by atoms with Gasteiger partial charge in [0.25, 0.3) is 5.69 Å². The molecule has 0 saturated carbocycles. The maximum Gasteiger partial charge on any atom is 0.289 e.